The highest BCUT2D eigenvalue weighted by Gasteiger charge is 2.28. The average molecular weight is 722 g/mol. The fraction of sp³-hybridized carbons (Fsp3) is 1.00. The van der Waals surface area contributed by atoms with Gasteiger partial charge in [0.1, 0.15) is 0 Å². The van der Waals surface area contributed by atoms with Crippen molar-refractivity contribution in [1.29, 1.82) is 0 Å². The molecule has 51 heavy (non-hydrogen) atoms. The number of nitrogens with zero attached hydrogens (tertiary/aromatic N) is 3. The Hall–Kier alpha value is -0.280. The maximum absolute atomic E-state index is 3.62. The number of hydrogen-bond donors (Lipinski definition) is 4. The second kappa shape index (κ2) is 23.6. The van der Waals surface area contributed by atoms with Gasteiger partial charge in [0.2, 0.25) is 0 Å². The Balaban J connectivity index is 0.000000342. The summed E-state index contributed by atoms with van der Waals surface area (Å²) in [5.41, 5.74) is 1.05. The molecule has 3 aliphatic heterocycles. The molecule has 0 aromatic carbocycles. The summed E-state index contributed by atoms with van der Waals surface area (Å²) in [7, 11) is 0. The highest BCUT2D eigenvalue weighted by atomic mass is 15.2. The van der Waals surface area contributed by atoms with E-state index in [1.807, 2.05) is 0 Å². The van der Waals surface area contributed by atoms with Crippen molar-refractivity contribution in [3.05, 3.63) is 0 Å². The molecule has 0 aromatic heterocycles. The van der Waals surface area contributed by atoms with Crippen molar-refractivity contribution in [1.82, 2.24) is 36.0 Å². The van der Waals surface area contributed by atoms with Crippen molar-refractivity contribution in [2.24, 2.45) is 5.92 Å². The minimum atomic E-state index is 0.245. The van der Waals surface area contributed by atoms with Crippen LogP contribution in [-0.4, -0.2) is 120 Å². The smallest absolute Gasteiger partial charge is 0.0171 e. The van der Waals surface area contributed by atoms with Gasteiger partial charge in [-0.3, -0.25) is 0 Å². The monoisotopic (exact) mass is 722 g/mol. The van der Waals surface area contributed by atoms with Crippen molar-refractivity contribution in [2.45, 2.75) is 221 Å². The van der Waals surface area contributed by atoms with E-state index in [0.717, 1.165) is 12.0 Å². The molecule has 0 amide bonds. The topological polar surface area (TPSA) is 57.8 Å². The van der Waals surface area contributed by atoms with Crippen LogP contribution in [0.2, 0.25) is 0 Å². The van der Waals surface area contributed by atoms with Crippen LogP contribution in [0, 0.1) is 5.92 Å². The van der Waals surface area contributed by atoms with Crippen LogP contribution in [0.1, 0.15) is 175 Å². The maximum atomic E-state index is 3.62. The molecular formula is C44H95N7. The van der Waals surface area contributed by atoms with Gasteiger partial charge < -0.3 is 36.0 Å². The molecule has 0 bridgehead atoms. The summed E-state index contributed by atoms with van der Waals surface area (Å²) in [5, 5.41) is 14.4. The average Bonchev–Trinajstić information content (AvgIpc) is 3.43. The van der Waals surface area contributed by atoms with Crippen LogP contribution in [0.25, 0.3) is 0 Å². The van der Waals surface area contributed by atoms with Gasteiger partial charge in [-0.05, 0) is 200 Å². The van der Waals surface area contributed by atoms with Crippen molar-refractivity contribution in [3.63, 3.8) is 0 Å². The molecule has 0 radical (unpaired) electrons. The molecule has 0 spiro atoms. The standard InChI is InChI=1S/2C12H26N2.C11H24N2.C9H19N/c2*1-11(13-12(2,3)4)10-14-8-6-5-7-9-14;1-10(12-11(2,3)4)9-13-7-5-6-8-13;1-7-5-8(6-7)10-9(2,3)4/h2*11,13H,5-10H2,1-4H3;10,12H,5-9H2,1-4H3;7-8,10H,5-6H2,1-4H3. The highest BCUT2D eigenvalue weighted by Crippen LogP contribution is 2.27. The Bertz CT molecular complexity index is 803. The second-order valence-corrected chi connectivity index (χ2v) is 21.3. The van der Waals surface area contributed by atoms with E-state index in [4.69, 9.17) is 0 Å². The van der Waals surface area contributed by atoms with Crippen LogP contribution in [0.4, 0.5) is 0 Å². The molecule has 3 atom stereocenters. The van der Waals surface area contributed by atoms with E-state index in [0.29, 0.717) is 23.7 Å². The fourth-order valence-electron chi connectivity index (χ4n) is 8.40. The first-order chi connectivity index (χ1) is 23.4. The molecule has 306 valence electrons. The van der Waals surface area contributed by atoms with E-state index in [2.05, 4.69) is 147 Å². The van der Waals surface area contributed by atoms with E-state index in [1.54, 1.807) is 0 Å². The molecule has 1 aliphatic carbocycles. The van der Waals surface area contributed by atoms with Gasteiger partial charge in [0, 0.05) is 66.0 Å². The summed E-state index contributed by atoms with van der Waals surface area (Å²) in [5.74, 6) is 0.958. The lowest BCUT2D eigenvalue weighted by Gasteiger charge is -2.38. The maximum Gasteiger partial charge on any atom is 0.0171 e. The molecule has 7 nitrogen and oxygen atoms in total. The minimum absolute atomic E-state index is 0.245. The zero-order chi connectivity index (χ0) is 38.9. The van der Waals surface area contributed by atoms with Gasteiger partial charge in [-0.1, -0.05) is 19.8 Å². The Labute approximate surface area is 321 Å². The lowest BCUT2D eigenvalue weighted by Crippen LogP contribution is -2.49. The molecule has 3 unspecified atom stereocenters. The lowest BCUT2D eigenvalue weighted by atomic mass is 9.81. The molecule has 7 heteroatoms. The Morgan fingerprint density at radius 3 is 0.902 bits per heavy atom. The highest BCUT2D eigenvalue weighted by molar-refractivity contribution is 4.87. The van der Waals surface area contributed by atoms with Gasteiger partial charge in [-0.25, -0.2) is 0 Å². The van der Waals surface area contributed by atoms with E-state index in [-0.39, 0.29) is 16.6 Å². The van der Waals surface area contributed by atoms with Crippen LogP contribution < -0.4 is 21.3 Å². The van der Waals surface area contributed by atoms with Crippen molar-refractivity contribution < 1.29 is 0 Å². The van der Waals surface area contributed by atoms with Gasteiger partial charge >= 0.3 is 0 Å². The predicted molar refractivity (Wildman–Crippen MR) is 228 cm³/mol. The summed E-state index contributed by atoms with van der Waals surface area (Å²) in [6.45, 7) is 47.4. The van der Waals surface area contributed by atoms with Crippen molar-refractivity contribution in [3.8, 4) is 0 Å². The third-order valence-corrected chi connectivity index (χ3v) is 9.74. The van der Waals surface area contributed by atoms with Gasteiger partial charge in [0.15, 0.2) is 0 Å². The van der Waals surface area contributed by atoms with Gasteiger partial charge in [-0.15, -0.1) is 0 Å². The molecule has 4 fully saturated rings. The molecule has 4 N–H and O–H groups in total. The minimum Gasteiger partial charge on any atom is -0.309 e. The lowest BCUT2D eigenvalue weighted by molar-refractivity contribution is 0.197. The van der Waals surface area contributed by atoms with E-state index in [1.165, 1.54) is 123 Å². The number of hydrogen-bond acceptors (Lipinski definition) is 7. The zero-order valence-corrected chi connectivity index (χ0v) is 37.7. The normalized spacial score (nSPS) is 24.5. The first-order valence-corrected chi connectivity index (χ1v) is 21.7. The van der Waals surface area contributed by atoms with E-state index in [9.17, 15) is 0 Å². The summed E-state index contributed by atoms with van der Waals surface area (Å²) < 4.78 is 0. The predicted octanol–water partition coefficient (Wildman–Crippen LogP) is 8.53. The number of piperidine rings is 2. The van der Waals surface area contributed by atoms with Gasteiger partial charge in [-0.2, -0.15) is 0 Å². The van der Waals surface area contributed by atoms with Crippen LogP contribution >= 0.6 is 0 Å². The Morgan fingerprint density at radius 2 is 0.686 bits per heavy atom. The third kappa shape index (κ3) is 28.8. The van der Waals surface area contributed by atoms with Crippen LogP contribution in [-0.2, 0) is 0 Å². The van der Waals surface area contributed by atoms with Crippen molar-refractivity contribution in [2.75, 3.05) is 58.9 Å². The zero-order valence-electron chi connectivity index (χ0n) is 37.7. The fourth-order valence-corrected chi connectivity index (χ4v) is 8.40. The summed E-state index contributed by atoms with van der Waals surface area (Å²) in [4.78, 5) is 7.74. The van der Waals surface area contributed by atoms with Crippen LogP contribution in [0.15, 0.2) is 0 Å². The van der Waals surface area contributed by atoms with Crippen LogP contribution in [0.5, 0.6) is 0 Å². The molecule has 1 saturated carbocycles. The van der Waals surface area contributed by atoms with Crippen LogP contribution in [0.3, 0.4) is 0 Å². The van der Waals surface area contributed by atoms with E-state index >= 15 is 0 Å². The molecule has 0 aromatic rings. The second-order valence-electron chi connectivity index (χ2n) is 21.3. The Morgan fingerprint density at radius 1 is 0.431 bits per heavy atom. The first kappa shape index (κ1) is 48.7. The first-order valence-electron chi connectivity index (χ1n) is 21.7. The molecule has 4 aliphatic rings. The van der Waals surface area contributed by atoms with Gasteiger partial charge in [0.25, 0.3) is 0 Å². The largest absolute Gasteiger partial charge is 0.309 e. The molecule has 4 rings (SSSR count). The van der Waals surface area contributed by atoms with E-state index < -0.39 is 0 Å². The number of nitrogens with one attached hydrogen (secondary N) is 4. The SMILES string of the molecule is CC(CN1CCCC1)NC(C)(C)C.CC(CN1CCCCC1)NC(C)(C)C.CC(CN1CCCCC1)NC(C)(C)C.CC1CC(NC(C)(C)C)C1. The van der Waals surface area contributed by atoms with Crippen molar-refractivity contribution >= 4 is 0 Å². The number of likely N-dealkylation sites (tertiary alicyclic amines) is 3. The number of rotatable bonds is 10. The third-order valence-electron chi connectivity index (χ3n) is 9.74. The summed E-state index contributed by atoms with van der Waals surface area (Å²) in [6.07, 6.45) is 13.9. The summed E-state index contributed by atoms with van der Waals surface area (Å²) in [6, 6.07) is 2.62. The molecule has 3 heterocycles. The molecular weight excluding hydrogens is 627 g/mol. The Kier molecular flexibility index (Phi) is 22.6. The van der Waals surface area contributed by atoms with Gasteiger partial charge in [0.05, 0.1) is 0 Å². The quantitative estimate of drug-likeness (QED) is 0.181. The summed E-state index contributed by atoms with van der Waals surface area (Å²) >= 11 is 0. The molecule has 3 saturated heterocycles.